The Hall–Kier alpha value is -0.380. The number of fused-ring (bicyclic) bond motifs is 3. The highest BCUT2D eigenvalue weighted by Crippen LogP contribution is 2.40. The van der Waals surface area contributed by atoms with Gasteiger partial charge in [0.15, 0.2) is 0 Å². The largest absolute Gasteiger partial charge is 0.372 e. The maximum absolute atomic E-state index is 6.11. The van der Waals surface area contributed by atoms with Crippen LogP contribution in [0.5, 0.6) is 0 Å². The van der Waals surface area contributed by atoms with Gasteiger partial charge in [-0.2, -0.15) is 0 Å². The predicted octanol–water partition coefficient (Wildman–Crippen LogP) is 3.69. The number of piperidine rings is 1. The quantitative estimate of drug-likeness (QED) is 0.764. The third-order valence-corrected chi connectivity index (χ3v) is 6.04. The van der Waals surface area contributed by atoms with Crippen LogP contribution in [-0.2, 0) is 11.2 Å². The van der Waals surface area contributed by atoms with Gasteiger partial charge in [-0.3, -0.25) is 4.90 Å². The molecule has 3 aliphatic heterocycles. The van der Waals surface area contributed by atoms with Gasteiger partial charge in [0.1, 0.15) is 0 Å². The van der Waals surface area contributed by atoms with Crippen LogP contribution in [0.15, 0.2) is 24.3 Å². The van der Waals surface area contributed by atoms with Gasteiger partial charge in [0.05, 0.1) is 12.7 Å². The topological polar surface area (TPSA) is 12.5 Å². The highest BCUT2D eigenvalue weighted by Gasteiger charge is 2.41. The first kappa shape index (κ1) is 13.3. The molecule has 1 aromatic rings. The molecule has 0 radical (unpaired) electrons. The highest BCUT2D eigenvalue weighted by atomic mass is 79.9. The molecule has 3 aliphatic rings. The van der Waals surface area contributed by atoms with E-state index < -0.39 is 0 Å². The van der Waals surface area contributed by atoms with E-state index in [9.17, 15) is 0 Å². The third kappa shape index (κ3) is 2.34. The van der Waals surface area contributed by atoms with E-state index in [0.29, 0.717) is 0 Å². The minimum absolute atomic E-state index is 0.287. The lowest BCUT2D eigenvalue weighted by Gasteiger charge is -2.40. The Balaban J connectivity index is 1.53. The van der Waals surface area contributed by atoms with Crippen LogP contribution in [0.25, 0.3) is 0 Å². The van der Waals surface area contributed by atoms with Crippen molar-refractivity contribution in [3.05, 3.63) is 35.4 Å². The Labute approximate surface area is 129 Å². The Bertz CT molecular complexity index is 478. The summed E-state index contributed by atoms with van der Waals surface area (Å²) in [7, 11) is 0. The first-order valence-electron chi connectivity index (χ1n) is 7.90. The molecule has 0 aliphatic carbocycles. The summed E-state index contributed by atoms with van der Waals surface area (Å²) in [5.41, 5.74) is 2.92. The van der Waals surface area contributed by atoms with Gasteiger partial charge in [-0.1, -0.05) is 40.2 Å². The van der Waals surface area contributed by atoms with Gasteiger partial charge in [0, 0.05) is 23.5 Å². The number of ether oxygens (including phenoxy) is 1. The Morgan fingerprint density at radius 1 is 1.15 bits per heavy atom. The van der Waals surface area contributed by atoms with Crippen molar-refractivity contribution in [1.29, 1.82) is 0 Å². The highest BCUT2D eigenvalue weighted by molar-refractivity contribution is 9.09. The second-order valence-corrected chi connectivity index (χ2v) is 7.75. The van der Waals surface area contributed by atoms with Gasteiger partial charge < -0.3 is 4.74 Å². The number of alkyl halides is 1. The molecule has 3 atom stereocenters. The Kier molecular flexibility index (Phi) is 3.61. The summed E-state index contributed by atoms with van der Waals surface area (Å²) in [6, 6.07) is 10.4. The van der Waals surface area contributed by atoms with Crippen molar-refractivity contribution >= 4 is 15.9 Å². The molecule has 2 nitrogen and oxygen atoms in total. The molecule has 0 saturated carbocycles. The summed E-state index contributed by atoms with van der Waals surface area (Å²) in [6.07, 6.45) is 6.73. The Morgan fingerprint density at radius 3 is 2.70 bits per heavy atom. The molecule has 108 valence electrons. The van der Waals surface area contributed by atoms with Crippen molar-refractivity contribution in [2.45, 2.75) is 55.1 Å². The van der Waals surface area contributed by atoms with Crippen LogP contribution in [0.4, 0.5) is 0 Å². The fourth-order valence-electron chi connectivity index (χ4n) is 4.33. The molecular formula is C17H22BrNO. The smallest absolute Gasteiger partial charge is 0.0954 e. The normalized spacial score (nSPS) is 36.9. The molecule has 0 aromatic heterocycles. The molecule has 2 saturated heterocycles. The zero-order valence-electron chi connectivity index (χ0n) is 11.8. The van der Waals surface area contributed by atoms with E-state index in [-0.39, 0.29) is 6.10 Å². The first-order valence-corrected chi connectivity index (χ1v) is 8.82. The molecule has 0 N–H and O–H groups in total. The molecule has 4 rings (SSSR count). The van der Waals surface area contributed by atoms with Crippen LogP contribution in [0.1, 0.15) is 42.9 Å². The lowest BCUT2D eigenvalue weighted by atomic mass is 9.95. The minimum Gasteiger partial charge on any atom is -0.372 e. The fraction of sp³-hybridized carbons (Fsp3) is 0.647. The van der Waals surface area contributed by atoms with E-state index in [2.05, 4.69) is 45.1 Å². The average molecular weight is 336 g/mol. The van der Waals surface area contributed by atoms with Gasteiger partial charge in [-0.05, 0) is 43.2 Å². The van der Waals surface area contributed by atoms with Crippen LogP contribution < -0.4 is 0 Å². The number of nitrogens with zero attached hydrogens (tertiary/aromatic N) is 1. The van der Waals surface area contributed by atoms with E-state index in [1.165, 1.54) is 36.8 Å². The van der Waals surface area contributed by atoms with Crippen LogP contribution in [-0.4, -0.2) is 35.0 Å². The van der Waals surface area contributed by atoms with Crippen LogP contribution in [0, 0.1) is 0 Å². The number of hydrogen-bond acceptors (Lipinski definition) is 2. The SMILES string of the molecule is BrC1CC2CCC(C1)N2CC1OCCc2ccccc21. The van der Waals surface area contributed by atoms with Crippen molar-refractivity contribution in [2.24, 2.45) is 0 Å². The first-order chi connectivity index (χ1) is 9.81. The van der Waals surface area contributed by atoms with Crippen molar-refractivity contribution in [3.8, 4) is 0 Å². The summed E-state index contributed by atoms with van der Waals surface area (Å²) >= 11 is 3.83. The Morgan fingerprint density at radius 2 is 1.90 bits per heavy atom. The molecule has 3 unspecified atom stereocenters. The standard InChI is InChI=1S/C17H22BrNO/c18-13-9-14-5-6-15(10-13)19(14)11-17-16-4-2-1-3-12(16)7-8-20-17/h1-4,13-15,17H,5-11H2. The summed E-state index contributed by atoms with van der Waals surface area (Å²) in [5.74, 6) is 0. The summed E-state index contributed by atoms with van der Waals surface area (Å²) < 4.78 is 6.11. The van der Waals surface area contributed by atoms with Gasteiger partial charge in [0.25, 0.3) is 0 Å². The van der Waals surface area contributed by atoms with Crippen LogP contribution >= 0.6 is 15.9 Å². The van der Waals surface area contributed by atoms with E-state index in [0.717, 1.165) is 36.5 Å². The molecule has 20 heavy (non-hydrogen) atoms. The number of rotatable bonds is 2. The van der Waals surface area contributed by atoms with Gasteiger partial charge in [-0.15, -0.1) is 0 Å². The molecule has 3 heterocycles. The molecule has 3 heteroatoms. The van der Waals surface area contributed by atoms with Crippen molar-refractivity contribution < 1.29 is 4.74 Å². The fourth-order valence-corrected chi connectivity index (χ4v) is 5.19. The molecule has 2 bridgehead atoms. The number of halogens is 1. The van der Waals surface area contributed by atoms with E-state index in [1.807, 2.05) is 0 Å². The maximum Gasteiger partial charge on any atom is 0.0954 e. The summed E-state index contributed by atoms with van der Waals surface area (Å²) in [5, 5.41) is 0. The van der Waals surface area contributed by atoms with E-state index in [1.54, 1.807) is 0 Å². The van der Waals surface area contributed by atoms with Gasteiger partial charge >= 0.3 is 0 Å². The van der Waals surface area contributed by atoms with Crippen molar-refractivity contribution in [2.75, 3.05) is 13.2 Å². The van der Waals surface area contributed by atoms with Crippen LogP contribution in [0.2, 0.25) is 0 Å². The predicted molar refractivity (Wildman–Crippen MR) is 84.3 cm³/mol. The lowest BCUT2D eigenvalue weighted by molar-refractivity contribution is -0.00309. The second kappa shape index (κ2) is 5.43. The van der Waals surface area contributed by atoms with E-state index in [4.69, 9.17) is 4.74 Å². The van der Waals surface area contributed by atoms with Crippen molar-refractivity contribution in [3.63, 3.8) is 0 Å². The van der Waals surface area contributed by atoms with E-state index >= 15 is 0 Å². The minimum atomic E-state index is 0.287. The average Bonchev–Trinajstić information content (AvgIpc) is 2.70. The maximum atomic E-state index is 6.11. The molecule has 0 spiro atoms. The third-order valence-electron chi connectivity index (χ3n) is 5.30. The molecule has 1 aromatic carbocycles. The number of hydrogen-bond donors (Lipinski definition) is 0. The zero-order valence-corrected chi connectivity index (χ0v) is 13.4. The number of benzene rings is 1. The molecular weight excluding hydrogens is 314 g/mol. The van der Waals surface area contributed by atoms with Gasteiger partial charge in [-0.25, -0.2) is 0 Å². The molecule has 2 fully saturated rings. The molecule has 0 amide bonds. The second-order valence-electron chi connectivity index (χ2n) is 6.46. The summed E-state index contributed by atoms with van der Waals surface area (Å²) in [6.45, 7) is 1.97. The monoisotopic (exact) mass is 335 g/mol. The summed E-state index contributed by atoms with van der Waals surface area (Å²) in [4.78, 5) is 3.47. The van der Waals surface area contributed by atoms with Gasteiger partial charge in [0.2, 0.25) is 0 Å². The zero-order chi connectivity index (χ0) is 13.5. The van der Waals surface area contributed by atoms with Crippen LogP contribution in [0.3, 0.4) is 0 Å². The lowest BCUT2D eigenvalue weighted by Crippen LogP contribution is -2.45. The van der Waals surface area contributed by atoms with Crippen molar-refractivity contribution in [1.82, 2.24) is 4.90 Å².